The molecule has 10 aromatic carbocycles. The Labute approximate surface area is 386 Å². The van der Waals surface area contributed by atoms with Crippen LogP contribution in [0.15, 0.2) is 255 Å². The van der Waals surface area contributed by atoms with Gasteiger partial charge in [0.15, 0.2) is 0 Å². The largest absolute Gasteiger partial charge is 0.457 e. The molecule has 66 heavy (non-hydrogen) atoms. The molecular weight excluding hydrogens is 803 g/mol. The van der Waals surface area contributed by atoms with E-state index in [1.165, 1.54) is 16.7 Å². The van der Waals surface area contributed by atoms with Gasteiger partial charge in [-0.15, -0.1) is 0 Å². The molecule has 0 aliphatic carbocycles. The lowest BCUT2D eigenvalue weighted by Gasteiger charge is -2.24. The van der Waals surface area contributed by atoms with E-state index in [0.29, 0.717) is 0 Å². The molecule has 0 unspecified atom stereocenters. The first-order valence-corrected chi connectivity index (χ1v) is 22.4. The van der Waals surface area contributed by atoms with E-state index in [0.717, 1.165) is 95.4 Å². The molecule has 1 heterocycles. The highest BCUT2D eigenvalue weighted by Crippen LogP contribution is 2.57. The van der Waals surface area contributed by atoms with Crippen LogP contribution >= 0.6 is 0 Å². The lowest BCUT2D eigenvalue weighted by atomic mass is 9.78. The monoisotopic (exact) mass is 847 g/mol. The maximum Gasteiger partial charge on any atom is 0.127 e. The van der Waals surface area contributed by atoms with Crippen LogP contribution in [-0.4, -0.2) is 4.57 Å². The van der Waals surface area contributed by atoms with Crippen LogP contribution in [0.4, 0.5) is 0 Å². The van der Waals surface area contributed by atoms with Crippen molar-refractivity contribution in [1.82, 2.24) is 4.57 Å². The third kappa shape index (κ3) is 7.74. The maximum atomic E-state index is 6.41. The standard InChI is InChI=1S/C63H45NO2/c1-44-32-38-51(39-33-44)64-62(49-34-40-54(41-35-49)65-52-28-16-6-17-29-52)60-58(47-24-12-4-13-25-47)56(45-20-8-2-9-21-45)57(46-22-10-3-11-23-46)59(48-26-14-5-15-27-48)61(60)63(64)50-36-42-55(43-37-50)66-53-30-18-7-19-31-53/h2-43H,1H3. The van der Waals surface area contributed by atoms with Crippen molar-refractivity contribution in [2.45, 2.75) is 6.92 Å². The summed E-state index contributed by atoms with van der Waals surface area (Å²) in [4.78, 5) is 0. The van der Waals surface area contributed by atoms with Crippen LogP contribution in [-0.2, 0) is 0 Å². The minimum Gasteiger partial charge on any atom is -0.457 e. The Hall–Kier alpha value is -8.66. The Morgan fingerprint density at radius 3 is 0.879 bits per heavy atom. The molecule has 0 spiro atoms. The molecule has 0 bridgehead atoms. The molecule has 3 nitrogen and oxygen atoms in total. The second kappa shape index (κ2) is 17.8. The van der Waals surface area contributed by atoms with E-state index in [1.54, 1.807) is 0 Å². The van der Waals surface area contributed by atoms with Crippen LogP contribution in [0.5, 0.6) is 23.0 Å². The van der Waals surface area contributed by atoms with Gasteiger partial charge in [-0.25, -0.2) is 0 Å². The summed E-state index contributed by atoms with van der Waals surface area (Å²) >= 11 is 0. The average molecular weight is 848 g/mol. The van der Waals surface area contributed by atoms with Crippen LogP contribution in [0.3, 0.4) is 0 Å². The summed E-state index contributed by atoms with van der Waals surface area (Å²) in [5.74, 6) is 3.11. The number of aromatic nitrogens is 1. The van der Waals surface area contributed by atoms with Crippen LogP contribution in [0.1, 0.15) is 5.56 Å². The fraction of sp³-hybridized carbons (Fsp3) is 0.0159. The van der Waals surface area contributed by atoms with Gasteiger partial charge >= 0.3 is 0 Å². The van der Waals surface area contributed by atoms with E-state index in [-0.39, 0.29) is 0 Å². The van der Waals surface area contributed by atoms with Gasteiger partial charge in [0.1, 0.15) is 23.0 Å². The van der Waals surface area contributed by atoms with Crippen molar-refractivity contribution in [3.8, 4) is 95.7 Å². The van der Waals surface area contributed by atoms with Gasteiger partial charge in [0.05, 0.1) is 11.4 Å². The fourth-order valence-corrected chi connectivity index (χ4v) is 9.24. The molecule has 0 aliphatic heterocycles. The minimum absolute atomic E-state index is 0.765. The number of nitrogens with zero attached hydrogens (tertiary/aromatic N) is 1. The van der Waals surface area contributed by atoms with Crippen molar-refractivity contribution in [1.29, 1.82) is 0 Å². The molecule has 11 aromatic rings. The molecule has 11 rings (SSSR count). The number of ether oxygens (including phenoxy) is 2. The van der Waals surface area contributed by atoms with Crippen LogP contribution in [0, 0.1) is 6.92 Å². The van der Waals surface area contributed by atoms with Gasteiger partial charge in [-0.1, -0.05) is 175 Å². The molecular formula is C63H45NO2. The summed E-state index contributed by atoms with van der Waals surface area (Å²) in [7, 11) is 0. The fourth-order valence-electron chi connectivity index (χ4n) is 9.24. The maximum absolute atomic E-state index is 6.41. The quantitative estimate of drug-likeness (QED) is 0.129. The number of fused-ring (bicyclic) bond motifs is 1. The summed E-state index contributed by atoms with van der Waals surface area (Å²) in [6.45, 7) is 2.15. The summed E-state index contributed by atoms with van der Waals surface area (Å²) in [5, 5.41) is 2.30. The van der Waals surface area contributed by atoms with Gasteiger partial charge in [-0.3, -0.25) is 0 Å². The van der Waals surface area contributed by atoms with Crippen LogP contribution in [0.25, 0.3) is 83.5 Å². The number of para-hydroxylation sites is 2. The molecule has 0 fully saturated rings. The number of hydrogen-bond acceptors (Lipinski definition) is 2. The zero-order chi connectivity index (χ0) is 44.2. The molecule has 0 saturated heterocycles. The second-order valence-electron chi connectivity index (χ2n) is 16.5. The van der Waals surface area contributed by atoms with Crippen molar-refractivity contribution in [2.24, 2.45) is 0 Å². The van der Waals surface area contributed by atoms with Crippen molar-refractivity contribution in [2.75, 3.05) is 0 Å². The number of benzene rings is 10. The lowest BCUT2D eigenvalue weighted by Crippen LogP contribution is -2.00. The first-order valence-electron chi connectivity index (χ1n) is 22.4. The normalized spacial score (nSPS) is 11.1. The predicted octanol–water partition coefficient (Wildman–Crippen LogP) is 17.5. The lowest BCUT2D eigenvalue weighted by molar-refractivity contribution is 0.482. The van der Waals surface area contributed by atoms with Gasteiger partial charge in [-0.2, -0.15) is 0 Å². The summed E-state index contributed by atoms with van der Waals surface area (Å²) in [6.07, 6.45) is 0. The van der Waals surface area contributed by atoms with Crippen LogP contribution in [0.2, 0.25) is 0 Å². The predicted molar refractivity (Wildman–Crippen MR) is 274 cm³/mol. The molecule has 0 saturated carbocycles. The third-order valence-corrected chi connectivity index (χ3v) is 12.2. The van der Waals surface area contributed by atoms with E-state index in [9.17, 15) is 0 Å². The Balaban J connectivity index is 1.35. The highest BCUT2D eigenvalue weighted by atomic mass is 16.5. The highest BCUT2D eigenvalue weighted by molar-refractivity contribution is 6.26. The zero-order valence-corrected chi connectivity index (χ0v) is 36.5. The minimum atomic E-state index is 0.765. The topological polar surface area (TPSA) is 23.4 Å². The SMILES string of the molecule is Cc1ccc(-n2c(-c3ccc(Oc4ccccc4)cc3)c3c(-c4ccccc4)c(-c4ccccc4)c(-c4ccccc4)c(-c4ccccc4)c3c2-c2ccc(Oc3ccccc3)cc2)cc1. The van der Waals surface area contributed by atoms with Gasteiger partial charge in [0.2, 0.25) is 0 Å². The van der Waals surface area contributed by atoms with Crippen molar-refractivity contribution < 1.29 is 9.47 Å². The Bertz CT molecular complexity index is 3180. The molecule has 3 heteroatoms. The number of hydrogen-bond donors (Lipinski definition) is 0. The summed E-state index contributed by atoms with van der Waals surface area (Å²) in [5.41, 5.74) is 15.7. The summed E-state index contributed by atoms with van der Waals surface area (Å²) in [6, 6.07) is 89.8. The second-order valence-corrected chi connectivity index (χ2v) is 16.5. The van der Waals surface area contributed by atoms with Gasteiger partial charge in [-0.05, 0) is 136 Å². The van der Waals surface area contributed by atoms with E-state index < -0.39 is 0 Å². The average Bonchev–Trinajstić information content (AvgIpc) is 3.73. The van der Waals surface area contributed by atoms with Gasteiger partial charge in [0, 0.05) is 27.6 Å². The van der Waals surface area contributed by atoms with Crippen molar-refractivity contribution in [3.05, 3.63) is 260 Å². The number of aryl methyl sites for hydroxylation is 1. The third-order valence-electron chi connectivity index (χ3n) is 12.2. The van der Waals surface area contributed by atoms with Crippen molar-refractivity contribution in [3.63, 3.8) is 0 Å². The van der Waals surface area contributed by atoms with Crippen molar-refractivity contribution >= 4 is 10.8 Å². The van der Waals surface area contributed by atoms with E-state index in [2.05, 4.69) is 206 Å². The molecule has 1 aromatic heterocycles. The van der Waals surface area contributed by atoms with Gasteiger partial charge in [0.25, 0.3) is 0 Å². The van der Waals surface area contributed by atoms with Gasteiger partial charge < -0.3 is 14.0 Å². The first-order chi connectivity index (χ1) is 32.7. The number of rotatable bonds is 11. The smallest absolute Gasteiger partial charge is 0.127 e. The molecule has 0 radical (unpaired) electrons. The Kier molecular flexibility index (Phi) is 10.9. The molecule has 0 atom stereocenters. The van der Waals surface area contributed by atoms with E-state index in [4.69, 9.17) is 9.47 Å². The van der Waals surface area contributed by atoms with Crippen LogP contribution < -0.4 is 9.47 Å². The Morgan fingerprint density at radius 1 is 0.258 bits per heavy atom. The van der Waals surface area contributed by atoms with E-state index >= 15 is 0 Å². The molecule has 314 valence electrons. The molecule has 0 aliphatic rings. The zero-order valence-electron chi connectivity index (χ0n) is 36.5. The highest BCUT2D eigenvalue weighted by Gasteiger charge is 2.32. The van der Waals surface area contributed by atoms with E-state index in [1.807, 2.05) is 60.7 Å². The molecule has 0 amide bonds. The first kappa shape index (κ1) is 40.1. The Morgan fingerprint density at radius 2 is 0.545 bits per heavy atom. The summed E-state index contributed by atoms with van der Waals surface area (Å²) < 4.78 is 15.3. The molecule has 0 N–H and O–H groups in total.